The highest BCUT2D eigenvalue weighted by atomic mass is 35.5. The second-order valence-electron chi connectivity index (χ2n) is 7.57. The Morgan fingerprint density at radius 2 is 1.70 bits per heavy atom. The number of unbranched alkanes of at least 4 members (excludes halogenated alkanes) is 2. The van der Waals surface area contributed by atoms with Crippen LogP contribution in [0, 0.1) is 13.8 Å². The highest BCUT2D eigenvalue weighted by Gasteiger charge is 2.11. The topological polar surface area (TPSA) is 49.3 Å². The number of ether oxygens (including phenoxy) is 3. The molecule has 180 valence electrons. The molecule has 0 saturated carbocycles. The molecule has 0 unspecified atom stereocenters. The summed E-state index contributed by atoms with van der Waals surface area (Å²) in [5, 5.41) is 5.13. The van der Waals surface area contributed by atoms with Crippen LogP contribution in [-0.2, 0) is 9.57 Å². The summed E-state index contributed by atoms with van der Waals surface area (Å²) in [6.07, 6.45) is 6.83. The maximum Gasteiger partial charge on any atom is 0.125 e. The lowest BCUT2D eigenvalue weighted by molar-refractivity contribution is 0.157. The molecular formula is C26H33Cl2NO4. The molecule has 0 aliphatic heterocycles. The molecule has 2 rings (SSSR count). The van der Waals surface area contributed by atoms with Crippen molar-refractivity contribution in [1.29, 1.82) is 0 Å². The summed E-state index contributed by atoms with van der Waals surface area (Å²) in [5.74, 6) is 1.80. The van der Waals surface area contributed by atoms with E-state index in [1.165, 1.54) is 7.11 Å². The van der Waals surface area contributed by atoms with Gasteiger partial charge in [0.25, 0.3) is 0 Å². The van der Waals surface area contributed by atoms with Gasteiger partial charge in [-0.05, 0) is 81.5 Å². The van der Waals surface area contributed by atoms with Gasteiger partial charge in [-0.2, -0.15) is 0 Å². The molecule has 0 heterocycles. The van der Waals surface area contributed by atoms with Gasteiger partial charge in [0.05, 0.1) is 18.2 Å². The number of aryl methyl sites for hydroxylation is 2. The largest absolute Gasteiger partial charge is 0.493 e. The van der Waals surface area contributed by atoms with E-state index >= 15 is 0 Å². The first kappa shape index (κ1) is 27.0. The zero-order valence-electron chi connectivity index (χ0n) is 19.8. The molecule has 0 amide bonds. The molecule has 5 nitrogen and oxygen atoms in total. The van der Waals surface area contributed by atoms with Crippen molar-refractivity contribution in [3.8, 4) is 11.5 Å². The smallest absolute Gasteiger partial charge is 0.125 e. The minimum atomic E-state index is 0.312. The molecular weight excluding hydrogens is 461 g/mol. The maximum absolute atomic E-state index is 6.27. The van der Waals surface area contributed by atoms with E-state index in [1.54, 1.807) is 12.1 Å². The third-order valence-electron chi connectivity index (χ3n) is 4.88. The van der Waals surface area contributed by atoms with E-state index in [4.69, 9.17) is 42.3 Å². The number of nitrogens with zero attached hydrogens (tertiary/aromatic N) is 1. The summed E-state index contributed by atoms with van der Waals surface area (Å²) in [5.41, 5.74) is 3.55. The Hall–Kier alpha value is -2.21. The number of hydrogen-bond acceptors (Lipinski definition) is 5. The van der Waals surface area contributed by atoms with Gasteiger partial charge in [-0.25, -0.2) is 0 Å². The Kier molecular flexibility index (Phi) is 12.2. The van der Waals surface area contributed by atoms with Crippen LogP contribution in [0.3, 0.4) is 0 Å². The van der Waals surface area contributed by atoms with Crippen LogP contribution in [0.1, 0.15) is 42.9 Å². The summed E-state index contributed by atoms with van der Waals surface area (Å²) in [6, 6.07) is 9.30. The van der Waals surface area contributed by atoms with Gasteiger partial charge in [0.2, 0.25) is 0 Å². The van der Waals surface area contributed by atoms with E-state index in [0.717, 1.165) is 47.5 Å². The van der Waals surface area contributed by atoms with Crippen LogP contribution in [-0.4, -0.2) is 39.2 Å². The van der Waals surface area contributed by atoms with Crippen molar-refractivity contribution in [1.82, 2.24) is 0 Å². The first-order valence-corrected chi connectivity index (χ1v) is 11.8. The molecule has 0 radical (unpaired) electrons. The van der Waals surface area contributed by atoms with Gasteiger partial charge < -0.3 is 19.0 Å². The number of oxime groups is 1. The molecule has 0 aliphatic rings. The Balaban J connectivity index is 1.70. The summed E-state index contributed by atoms with van der Waals surface area (Å²) < 4.78 is 17.5. The van der Waals surface area contributed by atoms with E-state index in [1.807, 2.05) is 51.1 Å². The minimum Gasteiger partial charge on any atom is -0.493 e. The maximum atomic E-state index is 6.27. The second kappa shape index (κ2) is 14.8. The zero-order chi connectivity index (χ0) is 24.1. The predicted molar refractivity (Wildman–Crippen MR) is 136 cm³/mol. The van der Waals surface area contributed by atoms with Crippen LogP contribution in [0.2, 0.25) is 10.0 Å². The van der Waals surface area contributed by atoms with Crippen LogP contribution >= 0.6 is 23.2 Å². The monoisotopic (exact) mass is 493 g/mol. The lowest BCUT2D eigenvalue weighted by atomic mass is 10.1. The van der Waals surface area contributed by atoms with Crippen molar-refractivity contribution in [2.24, 2.45) is 5.16 Å². The van der Waals surface area contributed by atoms with E-state index in [0.29, 0.717) is 42.2 Å². The van der Waals surface area contributed by atoms with Crippen molar-refractivity contribution in [2.75, 3.05) is 33.5 Å². The first-order chi connectivity index (χ1) is 16.0. The molecule has 0 N–H and O–H groups in total. The van der Waals surface area contributed by atoms with Gasteiger partial charge >= 0.3 is 0 Å². The molecule has 0 spiro atoms. The molecule has 0 atom stereocenters. The Labute approximate surface area is 207 Å². The van der Waals surface area contributed by atoms with Crippen LogP contribution < -0.4 is 9.47 Å². The number of hydrogen-bond donors (Lipinski definition) is 0. The second-order valence-corrected chi connectivity index (χ2v) is 8.42. The summed E-state index contributed by atoms with van der Waals surface area (Å²) >= 11 is 12.2. The third-order valence-corrected chi connectivity index (χ3v) is 5.43. The average molecular weight is 494 g/mol. The number of allylic oxidation sites excluding steroid dienone is 1. The third kappa shape index (κ3) is 9.28. The van der Waals surface area contributed by atoms with Gasteiger partial charge in [0.15, 0.2) is 0 Å². The molecule has 0 aliphatic carbocycles. The predicted octanol–water partition coefficient (Wildman–Crippen LogP) is 7.18. The minimum absolute atomic E-state index is 0.312. The fourth-order valence-corrected chi connectivity index (χ4v) is 3.79. The standard InChI is InChI=1S/C26H33Cl2NO4/c1-5-6-13-32-22-15-19(2)26(20(3)16-22)33-14-9-7-8-12-31-18-25(29-30-4)23-11-10-21(27)17-24(23)28/h5-6,10-11,15-17H,7-9,12-14,18H2,1-4H3/b6-5+,29-25-. The van der Waals surface area contributed by atoms with Crippen LogP contribution in [0.25, 0.3) is 0 Å². The summed E-state index contributed by atoms with van der Waals surface area (Å²) in [6.45, 7) is 8.24. The highest BCUT2D eigenvalue weighted by molar-refractivity contribution is 6.37. The fraction of sp³-hybridized carbons (Fsp3) is 0.423. The van der Waals surface area contributed by atoms with E-state index in [2.05, 4.69) is 5.16 Å². The molecule has 0 saturated heterocycles. The Bertz CT molecular complexity index is 921. The van der Waals surface area contributed by atoms with Crippen LogP contribution in [0.5, 0.6) is 11.5 Å². The fourth-order valence-electron chi connectivity index (χ4n) is 3.28. The molecule has 2 aromatic carbocycles. The SMILES string of the molecule is C/C=C/COc1cc(C)c(OCCCCCOC/C(=N/OC)c2ccc(Cl)cc2Cl)c(C)c1. The molecule has 2 aromatic rings. The van der Waals surface area contributed by atoms with Crippen molar-refractivity contribution < 1.29 is 19.0 Å². The van der Waals surface area contributed by atoms with Gasteiger partial charge in [-0.1, -0.05) is 40.5 Å². The van der Waals surface area contributed by atoms with E-state index in [9.17, 15) is 0 Å². The molecule has 0 bridgehead atoms. The quantitative estimate of drug-likeness (QED) is 0.121. The average Bonchev–Trinajstić information content (AvgIpc) is 2.76. The van der Waals surface area contributed by atoms with Gasteiger partial charge in [0.1, 0.15) is 30.9 Å². The lowest BCUT2D eigenvalue weighted by Gasteiger charge is -2.14. The molecule has 33 heavy (non-hydrogen) atoms. The molecule has 7 heteroatoms. The van der Waals surface area contributed by atoms with Crippen molar-refractivity contribution >= 4 is 28.9 Å². The van der Waals surface area contributed by atoms with Crippen LogP contribution in [0.15, 0.2) is 47.6 Å². The Morgan fingerprint density at radius 3 is 2.36 bits per heavy atom. The van der Waals surface area contributed by atoms with Gasteiger partial charge in [-0.3, -0.25) is 0 Å². The van der Waals surface area contributed by atoms with Gasteiger partial charge in [-0.15, -0.1) is 0 Å². The van der Waals surface area contributed by atoms with E-state index < -0.39 is 0 Å². The van der Waals surface area contributed by atoms with Crippen LogP contribution in [0.4, 0.5) is 0 Å². The lowest BCUT2D eigenvalue weighted by Crippen LogP contribution is -2.12. The van der Waals surface area contributed by atoms with Crippen molar-refractivity contribution in [3.05, 3.63) is 69.2 Å². The number of benzene rings is 2. The molecule has 0 fully saturated rings. The van der Waals surface area contributed by atoms with Crippen molar-refractivity contribution in [2.45, 2.75) is 40.0 Å². The Morgan fingerprint density at radius 1 is 0.970 bits per heavy atom. The highest BCUT2D eigenvalue weighted by Crippen LogP contribution is 2.29. The number of halogens is 2. The zero-order valence-corrected chi connectivity index (χ0v) is 21.3. The first-order valence-electron chi connectivity index (χ1n) is 11.1. The number of rotatable bonds is 14. The van der Waals surface area contributed by atoms with E-state index in [-0.39, 0.29) is 0 Å². The van der Waals surface area contributed by atoms with Gasteiger partial charge in [0, 0.05) is 17.2 Å². The molecule has 0 aromatic heterocycles. The summed E-state index contributed by atoms with van der Waals surface area (Å²) in [4.78, 5) is 4.94. The normalized spacial score (nSPS) is 11.8. The van der Waals surface area contributed by atoms with Crippen molar-refractivity contribution in [3.63, 3.8) is 0 Å². The summed E-state index contributed by atoms with van der Waals surface area (Å²) in [7, 11) is 1.50.